The van der Waals surface area contributed by atoms with Gasteiger partial charge in [0.1, 0.15) is 0 Å². The molecule has 2 fully saturated rings. The minimum absolute atomic E-state index is 0.716. The Morgan fingerprint density at radius 3 is 3.10 bits per heavy atom. The van der Waals surface area contributed by atoms with Gasteiger partial charge in [-0.1, -0.05) is 6.92 Å². The van der Waals surface area contributed by atoms with E-state index < -0.39 is 0 Å². The van der Waals surface area contributed by atoms with Gasteiger partial charge in [-0.3, -0.25) is 4.90 Å². The maximum absolute atomic E-state index is 3.56. The van der Waals surface area contributed by atoms with E-state index in [0.717, 1.165) is 5.92 Å². The molecule has 2 aliphatic heterocycles. The molecule has 58 valence electrons. The normalized spacial score (nSPS) is 41.7. The Balaban J connectivity index is 2.01. The van der Waals surface area contributed by atoms with E-state index in [-0.39, 0.29) is 0 Å². The zero-order valence-corrected chi connectivity index (χ0v) is 6.64. The third kappa shape index (κ3) is 0.956. The van der Waals surface area contributed by atoms with Gasteiger partial charge >= 0.3 is 0 Å². The summed E-state index contributed by atoms with van der Waals surface area (Å²) in [6.07, 6.45) is 3.44. The molecule has 2 unspecified atom stereocenters. The van der Waals surface area contributed by atoms with Crippen molar-refractivity contribution in [3.05, 3.63) is 0 Å². The molecular weight excluding hydrogens is 124 g/mol. The van der Waals surface area contributed by atoms with Gasteiger partial charge in [-0.05, 0) is 31.8 Å². The topological polar surface area (TPSA) is 15.3 Å². The number of nitrogens with zero attached hydrogens (tertiary/aromatic N) is 1. The van der Waals surface area contributed by atoms with Gasteiger partial charge in [0, 0.05) is 6.54 Å². The third-order valence-corrected chi connectivity index (χ3v) is 2.78. The van der Waals surface area contributed by atoms with Gasteiger partial charge in [0.05, 0.1) is 6.17 Å². The molecule has 0 aliphatic carbocycles. The number of nitrogens with one attached hydrogen (secondary N) is 1. The number of hydrogen-bond donors (Lipinski definition) is 1. The van der Waals surface area contributed by atoms with Gasteiger partial charge in [0.15, 0.2) is 0 Å². The second-order valence-electron chi connectivity index (χ2n) is 3.55. The van der Waals surface area contributed by atoms with Crippen LogP contribution in [0, 0.1) is 5.92 Å². The van der Waals surface area contributed by atoms with Crippen LogP contribution in [0.4, 0.5) is 0 Å². The Labute approximate surface area is 62.6 Å². The van der Waals surface area contributed by atoms with Crippen LogP contribution in [-0.4, -0.2) is 30.7 Å². The third-order valence-electron chi connectivity index (χ3n) is 2.78. The minimum Gasteiger partial charge on any atom is -0.301 e. The highest BCUT2D eigenvalue weighted by Crippen LogP contribution is 2.23. The first-order valence-corrected chi connectivity index (χ1v) is 4.35. The summed E-state index contributed by atoms with van der Waals surface area (Å²) in [5, 5.41) is 3.56. The van der Waals surface area contributed by atoms with Crippen molar-refractivity contribution in [1.82, 2.24) is 10.2 Å². The first-order valence-electron chi connectivity index (χ1n) is 4.35. The number of fused-ring (bicyclic) bond motifs is 1. The summed E-state index contributed by atoms with van der Waals surface area (Å²) in [6.45, 7) is 6.22. The lowest BCUT2D eigenvalue weighted by Crippen LogP contribution is -2.49. The Morgan fingerprint density at radius 1 is 1.40 bits per heavy atom. The molecule has 0 amide bonds. The Kier molecular flexibility index (Phi) is 1.66. The van der Waals surface area contributed by atoms with Gasteiger partial charge < -0.3 is 5.32 Å². The molecule has 2 rings (SSSR count). The van der Waals surface area contributed by atoms with E-state index in [0.29, 0.717) is 6.17 Å². The van der Waals surface area contributed by atoms with E-state index in [1.54, 1.807) is 0 Å². The second-order valence-corrected chi connectivity index (χ2v) is 3.55. The zero-order chi connectivity index (χ0) is 6.97. The van der Waals surface area contributed by atoms with Crippen LogP contribution in [0.1, 0.15) is 19.8 Å². The predicted octanol–water partition coefficient (Wildman–Crippen LogP) is 0.648. The standard InChI is InChI=1S/C8H16N2/c1-7-3-6-10-5-2-4-9-8(7)10/h7-9H,2-6H2,1H3. The molecule has 2 saturated heterocycles. The van der Waals surface area contributed by atoms with E-state index in [2.05, 4.69) is 17.1 Å². The molecule has 0 aromatic carbocycles. The number of rotatable bonds is 0. The second kappa shape index (κ2) is 2.51. The van der Waals surface area contributed by atoms with E-state index in [4.69, 9.17) is 0 Å². The van der Waals surface area contributed by atoms with Gasteiger partial charge in [0.25, 0.3) is 0 Å². The van der Waals surface area contributed by atoms with Gasteiger partial charge in [-0.2, -0.15) is 0 Å². The fraction of sp³-hybridized carbons (Fsp3) is 1.00. The summed E-state index contributed by atoms with van der Waals surface area (Å²) in [5.74, 6) is 0.875. The van der Waals surface area contributed by atoms with Gasteiger partial charge in [0.2, 0.25) is 0 Å². The first-order chi connectivity index (χ1) is 4.88. The smallest absolute Gasteiger partial charge is 0.0623 e. The zero-order valence-electron chi connectivity index (χ0n) is 6.64. The van der Waals surface area contributed by atoms with Crippen molar-refractivity contribution in [3.8, 4) is 0 Å². The number of hydrogen-bond acceptors (Lipinski definition) is 2. The van der Waals surface area contributed by atoms with Crippen LogP contribution < -0.4 is 5.32 Å². The van der Waals surface area contributed by atoms with Crippen molar-refractivity contribution >= 4 is 0 Å². The summed E-state index contributed by atoms with van der Waals surface area (Å²) >= 11 is 0. The van der Waals surface area contributed by atoms with Crippen molar-refractivity contribution in [2.24, 2.45) is 5.92 Å². The summed E-state index contributed by atoms with van der Waals surface area (Å²) in [5.41, 5.74) is 0. The lowest BCUT2D eigenvalue weighted by Gasteiger charge is -2.32. The Morgan fingerprint density at radius 2 is 2.30 bits per heavy atom. The minimum atomic E-state index is 0.716. The van der Waals surface area contributed by atoms with Gasteiger partial charge in [-0.15, -0.1) is 0 Å². The average Bonchev–Trinajstić information content (AvgIpc) is 2.34. The molecule has 2 atom stereocenters. The highest BCUT2D eigenvalue weighted by atomic mass is 15.3. The Hall–Kier alpha value is -0.0800. The molecule has 10 heavy (non-hydrogen) atoms. The molecule has 2 nitrogen and oxygen atoms in total. The van der Waals surface area contributed by atoms with Crippen molar-refractivity contribution < 1.29 is 0 Å². The van der Waals surface area contributed by atoms with E-state index in [9.17, 15) is 0 Å². The molecule has 0 radical (unpaired) electrons. The maximum atomic E-state index is 3.56. The quantitative estimate of drug-likeness (QED) is 0.531. The molecular formula is C8H16N2. The van der Waals surface area contributed by atoms with E-state index in [1.165, 1.54) is 32.5 Å². The van der Waals surface area contributed by atoms with Crippen molar-refractivity contribution in [1.29, 1.82) is 0 Å². The molecule has 0 saturated carbocycles. The molecule has 2 heteroatoms. The maximum Gasteiger partial charge on any atom is 0.0623 e. The predicted molar refractivity (Wildman–Crippen MR) is 41.8 cm³/mol. The van der Waals surface area contributed by atoms with Crippen LogP contribution in [0.25, 0.3) is 0 Å². The average molecular weight is 140 g/mol. The lowest BCUT2D eigenvalue weighted by molar-refractivity contribution is 0.157. The van der Waals surface area contributed by atoms with E-state index in [1.807, 2.05) is 0 Å². The summed E-state index contributed by atoms with van der Waals surface area (Å²) < 4.78 is 0. The monoisotopic (exact) mass is 140 g/mol. The summed E-state index contributed by atoms with van der Waals surface area (Å²) in [6, 6.07) is 0. The van der Waals surface area contributed by atoms with Crippen LogP contribution in [0.3, 0.4) is 0 Å². The Bertz CT molecular complexity index is 122. The molecule has 0 aromatic heterocycles. The molecule has 2 heterocycles. The summed E-state index contributed by atoms with van der Waals surface area (Å²) in [4.78, 5) is 2.58. The molecule has 0 aromatic rings. The fourth-order valence-electron chi connectivity index (χ4n) is 2.14. The SMILES string of the molecule is CC1CCN2CCCNC12. The first kappa shape index (κ1) is 6.62. The van der Waals surface area contributed by atoms with Crippen LogP contribution >= 0.6 is 0 Å². The summed E-state index contributed by atoms with van der Waals surface area (Å²) in [7, 11) is 0. The van der Waals surface area contributed by atoms with Gasteiger partial charge in [-0.25, -0.2) is 0 Å². The van der Waals surface area contributed by atoms with Crippen LogP contribution in [0.2, 0.25) is 0 Å². The van der Waals surface area contributed by atoms with Crippen LogP contribution in [0.15, 0.2) is 0 Å². The molecule has 0 bridgehead atoms. The largest absolute Gasteiger partial charge is 0.301 e. The lowest BCUT2D eigenvalue weighted by atomic mass is 10.1. The fourth-order valence-corrected chi connectivity index (χ4v) is 2.14. The van der Waals surface area contributed by atoms with Crippen molar-refractivity contribution in [2.45, 2.75) is 25.9 Å². The highest BCUT2D eigenvalue weighted by Gasteiger charge is 2.31. The van der Waals surface area contributed by atoms with Crippen molar-refractivity contribution in [2.75, 3.05) is 19.6 Å². The molecule has 2 aliphatic rings. The van der Waals surface area contributed by atoms with Crippen LogP contribution in [0.5, 0.6) is 0 Å². The van der Waals surface area contributed by atoms with E-state index >= 15 is 0 Å². The molecule has 0 spiro atoms. The van der Waals surface area contributed by atoms with Crippen molar-refractivity contribution in [3.63, 3.8) is 0 Å². The van der Waals surface area contributed by atoms with Crippen LogP contribution in [-0.2, 0) is 0 Å². The highest BCUT2D eigenvalue weighted by molar-refractivity contribution is 4.85. The molecule has 1 N–H and O–H groups in total.